The van der Waals surface area contributed by atoms with E-state index in [1.54, 1.807) is 6.07 Å². The third-order valence-corrected chi connectivity index (χ3v) is 2.40. The third-order valence-electron chi connectivity index (χ3n) is 2.40. The van der Waals surface area contributed by atoms with E-state index >= 15 is 0 Å². The molecule has 0 unspecified atom stereocenters. The van der Waals surface area contributed by atoms with Crippen molar-refractivity contribution >= 4 is 23.5 Å². The Bertz CT molecular complexity index is 625. The van der Waals surface area contributed by atoms with Crippen molar-refractivity contribution < 1.29 is 24.2 Å². The second kappa shape index (κ2) is 8.25. The zero-order valence-corrected chi connectivity index (χ0v) is 11.3. The Labute approximate surface area is 124 Å². The van der Waals surface area contributed by atoms with Gasteiger partial charge in [0, 0.05) is 17.1 Å². The molecule has 0 N–H and O–H groups in total. The fourth-order valence-electron chi connectivity index (χ4n) is 1.42. The fourth-order valence-corrected chi connectivity index (χ4v) is 1.42. The van der Waals surface area contributed by atoms with Crippen molar-refractivity contribution in [1.82, 2.24) is 0 Å². The summed E-state index contributed by atoms with van der Waals surface area (Å²) in [6, 6.07) is 5.62. The lowest BCUT2D eigenvalue weighted by atomic mass is 10.1. The Morgan fingerprint density at radius 2 is 1.95 bits per heavy atom. The molecule has 1 aromatic carbocycles. The number of rotatable bonds is 8. The largest absolute Gasteiger partial charge is 0.458 e. The normalized spacial score (nSPS) is 10.4. The number of hydrogen-bond acceptors (Lipinski definition) is 7. The molecule has 0 aromatic heterocycles. The van der Waals surface area contributed by atoms with E-state index in [9.17, 15) is 29.8 Å². The second-order valence-electron chi connectivity index (χ2n) is 4.11. The minimum absolute atomic E-state index is 0.117. The van der Waals surface area contributed by atoms with Gasteiger partial charge in [0.15, 0.2) is 12.4 Å². The first-order valence-electron chi connectivity index (χ1n) is 6.11. The SMILES string of the molecule is O=C(C=Cc1cccc([N+](=O)[O-])c1)CC(=O)OCC[N+](=O)[O-]. The van der Waals surface area contributed by atoms with Gasteiger partial charge in [-0.3, -0.25) is 29.8 Å². The van der Waals surface area contributed by atoms with Crippen LogP contribution in [0.1, 0.15) is 12.0 Å². The van der Waals surface area contributed by atoms with Crippen LogP contribution in [0.3, 0.4) is 0 Å². The van der Waals surface area contributed by atoms with E-state index < -0.39 is 41.2 Å². The highest BCUT2D eigenvalue weighted by molar-refractivity contribution is 6.03. The number of esters is 1. The fraction of sp³-hybridized carbons (Fsp3) is 0.231. The maximum atomic E-state index is 11.5. The predicted molar refractivity (Wildman–Crippen MR) is 74.6 cm³/mol. The Morgan fingerprint density at radius 3 is 2.59 bits per heavy atom. The van der Waals surface area contributed by atoms with E-state index in [-0.39, 0.29) is 5.69 Å². The Kier molecular flexibility index (Phi) is 6.35. The van der Waals surface area contributed by atoms with Crippen molar-refractivity contribution in [3.8, 4) is 0 Å². The number of nitrogens with zero attached hydrogens (tertiary/aromatic N) is 2. The highest BCUT2D eigenvalue weighted by Gasteiger charge is 2.10. The summed E-state index contributed by atoms with van der Waals surface area (Å²) in [5, 5.41) is 20.6. The van der Waals surface area contributed by atoms with Gasteiger partial charge < -0.3 is 4.74 Å². The molecule has 0 heterocycles. The molecule has 116 valence electrons. The van der Waals surface area contributed by atoms with E-state index in [1.165, 1.54) is 24.3 Å². The number of nitro groups is 2. The average Bonchev–Trinajstić information content (AvgIpc) is 2.45. The van der Waals surface area contributed by atoms with Crippen LogP contribution >= 0.6 is 0 Å². The smallest absolute Gasteiger partial charge is 0.313 e. The molecule has 9 heteroatoms. The van der Waals surface area contributed by atoms with Crippen LogP contribution < -0.4 is 0 Å². The molecule has 0 saturated heterocycles. The molecular weight excluding hydrogens is 296 g/mol. The molecule has 0 radical (unpaired) electrons. The first kappa shape index (κ1) is 17.0. The van der Waals surface area contributed by atoms with Crippen LogP contribution in [0, 0.1) is 20.2 Å². The van der Waals surface area contributed by atoms with Gasteiger partial charge in [0.2, 0.25) is 6.54 Å². The molecule has 0 aliphatic heterocycles. The minimum Gasteiger partial charge on any atom is -0.458 e. The van der Waals surface area contributed by atoms with Crippen LogP contribution in [-0.2, 0) is 14.3 Å². The van der Waals surface area contributed by atoms with E-state index in [0.29, 0.717) is 5.56 Å². The molecule has 9 nitrogen and oxygen atoms in total. The molecule has 0 bridgehead atoms. The van der Waals surface area contributed by atoms with Crippen molar-refractivity contribution in [2.24, 2.45) is 0 Å². The Morgan fingerprint density at radius 1 is 1.23 bits per heavy atom. The van der Waals surface area contributed by atoms with Gasteiger partial charge in [-0.05, 0) is 11.6 Å². The molecule has 1 aromatic rings. The van der Waals surface area contributed by atoms with E-state index in [0.717, 1.165) is 6.08 Å². The summed E-state index contributed by atoms with van der Waals surface area (Å²) in [5.74, 6) is -1.44. The van der Waals surface area contributed by atoms with E-state index in [2.05, 4.69) is 4.74 Å². The number of hydrogen-bond donors (Lipinski definition) is 0. The van der Waals surface area contributed by atoms with Gasteiger partial charge in [-0.25, -0.2) is 0 Å². The number of nitro benzene ring substituents is 1. The van der Waals surface area contributed by atoms with Crippen LogP contribution in [-0.4, -0.2) is 34.8 Å². The van der Waals surface area contributed by atoms with Gasteiger partial charge in [0.25, 0.3) is 5.69 Å². The minimum atomic E-state index is -0.865. The Balaban J connectivity index is 2.50. The van der Waals surface area contributed by atoms with E-state index in [4.69, 9.17) is 0 Å². The number of ether oxygens (including phenoxy) is 1. The van der Waals surface area contributed by atoms with Crippen LogP contribution in [0.5, 0.6) is 0 Å². The summed E-state index contributed by atoms with van der Waals surface area (Å²) in [6.07, 6.45) is 1.87. The number of carbonyl (C=O) groups is 2. The quantitative estimate of drug-likeness (QED) is 0.233. The molecule has 0 aliphatic carbocycles. The lowest BCUT2D eigenvalue weighted by Gasteiger charge is -1.99. The zero-order valence-electron chi connectivity index (χ0n) is 11.3. The van der Waals surface area contributed by atoms with Gasteiger partial charge in [0.05, 0.1) is 4.92 Å². The molecule has 0 atom stereocenters. The van der Waals surface area contributed by atoms with Crippen molar-refractivity contribution in [3.05, 3.63) is 56.1 Å². The van der Waals surface area contributed by atoms with Gasteiger partial charge >= 0.3 is 5.97 Å². The lowest BCUT2D eigenvalue weighted by Crippen LogP contribution is -2.15. The highest BCUT2D eigenvalue weighted by Crippen LogP contribution is 2.14. The van der Waals surface area contributed by atoms with Crippen molar-refractivity contribution in [2.75, 3.05) is 13.2 Å². The zero-order chi connectivity index (χ0) is 16.5. The summed E-state index contributed by atoms with van der Waals surface area (Å²) >= 11 is 0. The summed E-state index contributed by atoms with van der Waals surface area (Å²) < 4.78 is 4.50. The molecule has 1 rings (SSSR count). The first-order chi connectivity index (χ1) is 10.4. The number of benzene rings is 1. The first-order valence-corrected chi connectivity index (χ1v) is 6.11. The summed E-state index contributed by atoms with van der Waals surface area (Å²) in [5.41, 5.74) is 0.318. The summed E-state index contributed by atoms with van der Waals surface area (Å²) in [6.45, 7) is -0.919. The van der Waals surface area contributed by atoms with Gasteiger partial charge in [0.1, 0.15) is 6.42 Å². The predicted octanol–water partition coefficient (Wildman–Crippen LogP) is 1.39. The van der Waals surface area contributed by atoms with Gasteiger partial charge in [-0.1, -0.05) is 18.2 Å². The third kappa shape index (κ3) is 6.37. The molecule has 0 saturated carbocycles. The highest BCUT2D eigenvalue weighted by atomic mass is 16.6. The standard InChI is InChI=1S/C13H12N2O7/c16-12(9-13(17)22-7-6-14(18)19)5-4-10-2-1-3-11(8-10)15(20)21/h1-5,8H,6-7,9H2. The molecule has 0 fully saturated rings. The van der Waals surface area contributed by atoms with Crippen molar-refractivity contribution in [3.63, 3.8) is 0 Å². The number of non-ortho nitro benzene ring substituents is 1. The monoisotopic (exact) mass is 308 g/mol. The molecule has 22 heavy (non-hydrogen) atoms. The summed E-state index contributed by atoms with van der Waals surface area (Å²) in [7, 11) is 0. The number of allylic oxidation sites excluding steroid dienone is 1. The molecule has 0 aliphatic rings. The van der Waals surface area contributed by atoms with E-state index in [1.807, 2.05) is 0 Å². The van der Waals surface area contributed by atoms with Crippen molar-refractivity contribution in [1.29, 1.82) is 0 Å². The lowest BCUT2D eigenvalue weighted by molar-refractivity contribution is -0.482. The van der Waals surface area contributed by atoms with Crippen LogP contribution in [0.15, 0.2) is 30.3 Å². The number of carbonyl (C=O) groups excluding carboxylic acids is 2. The topological polar surface area (TPSA) is 130 Å². The van der Waals surface area contributed by atoms with Crippen molar-refractivity contribution in [2.45, 2.75) is 6.42 Å². The van der Waals surface area contributed by atoms with Gasteiger partial charge in [-0.15, -0.1) is 0 Å². The molecule has 0 amide bonds. The molecule has 0 spiro atoms. The van der Waals surface area contributed by atoms with Crippen LogP contribution in [0.25, 0.3) is 6.08 Å². The maximum absolute atomic E-state index is 11.5. The summed E-state index contributed by atoms with van der Waals surface area (Å²) in [4.78, 5) is 42.1. The van der Waals surface area contributed by atoms with Crippen LogP contribution in [0.2, 0.25) is 0 Å². The Hall–Kier alpha value is -3.10. The average molecular weight is 308 g/mol. The number of ketones is 1. The molecular formula is C13H12N2O7. The van der Waals surface area contributed by atoms with Crippen LogP contribution in [0.4, 0.5) is 5.69 Å². The van der Waals surface area contributed by atoms with Gasteiger partial charge in [-0.2, -0.15) is 0 Å². The second-order valence-corrected chi connectivity index (χ2v) is 4.11. The maximum Gasteiger partial charge on any atom is 0.313 e.